The number of carbonyl (C=O) groups excluding carboxylic acids is 2. The van der Waals surface area contributed by atoms with Crippen molar-refractivity contribution >= 4 is 23.2 Å². The van der Waals surface area contributed by atoms with Gasteiger partial charge in [-0.3, -0.25) is 9.59 Å². The molecular weight excluding hydrogens is 338 g/mol. The van der Waals surface area contributed by atoms with Crippen LogP contribution in [0.25, 0.3) is 0 Å². The lowest BCUT2D eigenvalue weighted by Crippen LogP contribution is -2.49. The van der Waals surface area contributed by atoms with E-state index in [9.17, 15) is 9.59 Å². The van der Waals surface area contributed by atoms with Gasteiger partial charge in [0.25, 0.3) is 0 Å². The van der Waals surface area contributed by atoms with Gasteiger partial charge in [0.05, 0.1) is 0 Å². The van der Waals surface area contributed by atoms with Gasteiger partial charge in [0.15, 0.2) is 0 Å². The van der Waals surface area contributed by atoms with Gasteiger partial charge in [-0.2, -0.15) is 0 Å². The molecule has 0 aromatic heterocycles. The number of likely N-dealkylation sites (tertiary alicyclic amines) is 1. The lowest BCUT2D eigenvalue weighted by atomic mass is 9.95. The van der Waals surface area contributed by atoms with Crippen molar-refractivity contribution in [3.63, 3.8) is 0 Å². The molecule has 1 unspecified atom stereocenters. The zero-order chi connectivity index (χ0) is 18.9. The summed E-state index contributed by atoms with van der Waals surface area (Å²) in [4.78, 5) is 30.5. The molecular formula is C22H31N3O2. The van der Waals surface area contributed by atoms with Crippen molar-refractivity contribution in [3.05, 3.63) is 24.3 Å². The van der Waals surface area contributed by atoms with Gasteiger partial charge in [0.1, 0.15) is 5.41 Å². The Hall–Kier alpha value is -2.04. The summed E-state index contributed by atoms with van der Waals surface area (Å²) in [5.41, 5.74) is 1.17. The van der Waals surface area contributed by atoms with E-state index in [0.717, 1.165) is 44.6 Å². The van der Waals surface area contributed by atoms with Crippen LogP contribution in [-0.2, 0) is 9.59 Å². The number of hydrogen-bond acceptors (Lipinski definition) is 3. The monoisotopic (exact) mass is 369 g/mol. The first-order valence-electron chi connectivity index (χ1n) is 10.6. The van der Waals surface area contributed by atoms with Gasteiger partial charge in [0, 0.05) is 37.1 Å². The van der Waals surface area contributed by atoms with Crippen LogP contribution >= 0.6 is 0 Å². The van der Waals surface area contributed by atoms with Crippen LogP contribution in [-0.4, -0.2) is 42.4 Å². The molecule has 1 N–H and O–H groups in total. The van der Waals surface area contributed by atoms with Gasteiger partial charge in [-0.05, 0) is 75.6 Å². The van der Waals surface area contributed by atoms with E-state index >= 15 is 0 Å². The third-order valence-electron chi connectivity index (χ3n) is 6.55. The highest BCUT2D eigenvalue weighted by molar-refractivity contribution is 6.13. The molecule has 2 heterocycles. The molecule has 1 saturated carbocycles. The number of hydrogen-bond donors (Lipinski definition) is 1. The van der Waals surface area contributed by atoms with Crippen LogP contribution in [0.2, 0.25) is 0 Å². The van der Waals surface area contributed by atoms with Gasteiger partial charge in [-0.1, -0.05) is 6.92 Å². The predicted octanol–water partition coefficient (Wildman–Crippen LogP) is 3.80. The molecule has 27 heavy (non-hydrogen) atoms. The molecule has 0 radical (unpaired) electrons. The lowest BCUT2D eigenvalue weighted by molar-refractivity contribution is -0.145. The van der Waals surface area contributed by atoms with Crippen molar-refractivity contribution in [1.82, 2.24) is 4.90 Å². The number of piperidine rings is 1. The predicted molar refractivity (Wildman–Crippen MR) is 108 cm³/mol. The number of nitrogens with zero attached hydrogens (tertiary/aromatic N) is 2. The van der Waals surface area contributed by atoms with Crippen LogP contribution in [0.1, 0.15) is 58.3 Å². The minimum absolute atomic E-state index is 0.0558. The van der Waals surface area contributed by atoms with E-state index in [2.05, 4.69) is 29.3 Å². The molecule has 146 valence electrons. The molecule has 3 fully saturated rings. The Morgan fingerprint density at radius 2 is 1.70 bits per heavy atom. The first-order valence-corrected chi connectivity index (χ1v) is 10.6. The Morgan fingerprint density at radius 1 is 1.04 bits per heavy atom. The SMILES string of the molecule is CCC1CCCCN1C(=O)C1(C(=O)Nc2ccc(N3CCCC3)cc2)CC1. The van der Waals surface area contributed by atoms with Crippen LogP contribution in [0.3, 0.4) is 0 Å². The number of rotatable bonds is 5. The summed E-state index contributed by atoms with van der Waals surface area (Å²) in [7, 11) is 0. The van der Waals surface area contributed by atoms with Gasteiger partial charge in [-0.15, -0.1) is 0 Å². The average molecular weight is 370 g/mol. The molecule has 4 rings (SSSR count). The summed E-state index contributed by atoms with van der Waals surface area (Å²) in [6.45, 7) is 5.16. The van der Waals surface area contributed by atoms with E-state index in [4.69, 9.17) is 0 Å². The fraction of sp³-hybridized carbons (Fsp3) is 0.636. The van der Waals surface area contributed by atoms with Gasteiger partial charge >= 0.3 is 0 Å². The van der Waals surface area contributed by atoms with E-state index in [-0.39, 0.29) is 11.8 Å². The summed E-state index contributed by atoms with van der Waals surface area (Å²) >= 11 is 0. The zero-order valence-corrected chi connectivity index (χ0v) is 16.4. The molecule has 5 nitrogen and oxygen atoms in total. The van der Waals surface area contributed by atoms with Crippen LogP contribution in [0, 0.1) is 5.41 Å². The van der Waals surface area contributed by atoms with Crippen LogP contribution < -0.4 is 10.2 Å². The largest absolute Gasteiger partial charge is 0.372 e. The quantitative estimate of drug-likeness (QED) is 0.803. The molecule has 1 aliphatic carbocycles. The molecule has 2 amide bonds. The van der Waals surface area contributed by atoms with Crippen molar-refractivity contribution in [3.8, 4) is 0 Å². The Bertz CT molecular complexity index is 690. The number of carbonyl (C=O) groups is 2. The van der Waals surface area contributed by atoms with Gasteiger partial charge < -0.3 is 15.1 Å². The molecule has 1 aromatic carbocycles. The van der Waals surface area contributed by atoms with E-state index < -0.39 is 5.41 Å². The summed E-state index contributed by atoms with van der Waals surface area (Å²) < 4.78 is 0. The van der Waals surface area contributed by atoms with E-state index in [0.29, 0.717) is 18.9 Å². The Balaban J connectivity index is 1.42. The summed E-state index contributed by atoms with van der Waals surface area (Å²) in [5.74, 6) is -0.0675. The first-order chi connectivity index (χ1) is 13.1. The first kappa shape index (κ1) is 18.3. The van der Waals surface area contributed by atoms with E-state index in [1.807, 2.05) is 17.0 Å². The van der Waals surface area contributed by atoms with Gasteiger partial charge in [-0.25, -0.2) is 0 Å². The maximum Gasteiger partial charge on any atom is 0.240 e. The second-order valence-electron chi connectivity index (χ2n) is 8.33. The number of amides is 2. The van der Waals surface area contributed by atoms with Gasteiger partial charge in [0.2, 0.25) is 11.8 Å². The van der Waals surface area contributed by atoms with Crippen LogP contribution in [0.5, 0.6) is 0 Å². The molecule has 0 bridgehead atoms. The summed E-state index contributed by atoms with van der Waals surface area (Å²) in [5, 5.41) is 3.01. The van der Waals surface area contributed by atoms with Crippen LogP contribution in [0.4, 0.5) is 11.4 Å². The van der Waals surface area contributed by atoms with Crippen molar-refractivity contribution in [2.24, 2.45) is 5.41 Å². The topological polar surface area (TPSA) is 52.7 Å². The maximum atomic E-state index is 13.2. The standard InChI is InChI=1S/C22H31N3O2/c1-2-18-7-3-4-16-25(18)21(27)22(12-13-22)20(26)23-17-8-10-19(11-9-17)24-14-5-6-15-24/h8-11,18H,2-7,12-16H2,1H3,(H,23,26). The number of nitrogens with one attached hydrogen (secondary N) is 1. The molecule has 1 atom stereocenters. The Morgan fingerprint density at radius 3 is 2.33 bits per heavy atom. The Labute approximate surface area is 162 Å². The minimum Gasteiger partial charge on any atom is -0.372 e. The van der Waals surface area contributed by atoms with Crippen molar-refractivity contribution in [2.75, 3.05) is 29.9 Å². The maximum absolute atomic E-state index is 13.2. The van der Waals surface area contributed by atoms with Crippen LogP contribution in [0.15, 0.2) is 24.3 Å². The van der Waals surface area contributed by atoms with E-state index in [1.54, 1.807) is 0 Å². The van der Waals surface area contributed by atoms with Crippen molar-refractivity contribution in [1.29, 1.82) is 0 Å². The zero-order valence-electron chi connectivity index (χ0n) is 16.4. The molecule has 5 heteroatoms. The smallest absolute Gasteiger partial charge is 0.240 e. The average Bonchev–Trinajstić information content (AvgIpc) is 3.35. The molecule has 1 aromatic rings. The fourth-order valence-corrected chi connectivity index (χ4v) is 4.61. The normalized spacial score (nSPS) is 24.0. The number of anilines is 2. The fourth-order valence-electron chi connectivity index (χ4n) is 4.61. The second-order valence-corrected chi connectivity index (χ2v) is 8.33. The highest BCUT2D eigenvalue weighted by atomic mass is 16.2. The number of benzene rings is 1. The summed E-state index contributed by atoms with van der Waals surface area (Å²) in [6.07, 6.45) is 8.13. The molecule has 3 aliphatic rings. The third-order valence-corrected chi connectivity index (χ3v) is 6.55. The molecule has 2 saturated heterocycles. The summed E-state index contributed by atoms with van der Waals surface area (Å²) in [6, 6.07) is 8.36. The molecule has 0 spiro atoms. The van der Waals surface area contributed by atoms with Crippen molar-refractivity contribution in [2.45, 2.75) is 64.3 Å². The molecule has 2 aliphatic heterocycles. The minimum atomic E-state index is -0.821. The Kier molecular flexibility index (Phi) is 5.11. The highest BCUT2D eigenvalue weighted by Crippen LogP contribution is 2.49. The van der Waals surface area contributed by atoms with Crippen molar-refractivity contribution < 1.29 is 9.59 Å². The third kappa shape index (κ3) is 3.56. The second kappa shape index (κ2) is 7.53. The van der Waals surface area contributed by atoms with E-state index in [1.165, 1.54) is 24.9 Å². The lowest BCUT2D eigenvalue weighted by Gasteiger charge is -2.37. The highest BCUT2D eigenvalue weighted by Gasteiger charge is 2.58.